The summed E-state index contributed by atoms with van der Waals surface area (Å²) in [5, 5.41) is 2.92. The lowest BCUT2D eigenvalue weighted by Crippen LogP contribution is -2.28. The van der Waals surface area contributed by atoms with Gasteiger partial charge >= 0.3 is 0 Å². The Labute approximate surface area is 110 Å². The van der Waals surface area contributed by atoms with E-state index in [0.29, 0.717) is 12.3 Å². The minimum atomic E-state index is -3.07. The van der Waals surface area contributed by atoms with Crippen molar-refractivity contribution in [3.63, 3.8) is 0 Å². The molecule has 4 nitrogen and oxygen atoms in total. The van der Waals surface area contributed by atoms with E-state index in [1.807, 2.05) is 0 Å². The van der Waals surface area contributed by atoms with Gasteiger partial charge in [0, 0.05) is 12.8 Å². The number of piperidine rings is 1. The number of carbonyl (C=O) groups excluding carboxylic acids is 1. The van der Waals surface area contributed by atoms with Gasteiger partial charge in [-0.2, -0.15) is 0 Å². The molecule has 0 unspecified atom stereocenters. The molecule has 1 saturated heterocycles. The van der Waals surface area contributed by atoms with Gasteiger partial charge in [0.15, 0.2) is 9.84 Å². The first-order valence-electron chi connectivity index (χ1n) is 6.86. The summed E-state index contributed by atoms with van der Waals surface area (Å²) in [4.78, 5) is 11.7. The zero-order chi connectivity index (χ0) is 13.6. The molecule has 18 heavy (non-hydrogen) atoms. The summed E-state index contributed by atoms with van der Waals surface area (Å²) in [5.74, 6) is 0.741. The quantitative estimate of drug-likeness (QED) is 0.765. The first-order chi connectivity index (χ1) is 8.42. The van der Waals surface area contributed by atoms with Crippen molar-refractivity contribution >= 4 is 15.6 Å². The van der Waals surface area contributed by atoms with Crippen LogP contribution < -0.4 is 5.32 Å². The zero-order valence-corrected chi connectivity index (χ0v) is 12.3. The number of carbonyl (C=O) groups is 1. The van der Waals surface area contributed by atoms with Gasteiger partial charge in [0.1, 0.15) is 5.78 Å². The lowest BCUT2D eigenvalue weighted by Gasteiger charge is -2.22. The Kier molecular flexibility index (Phi) is 6.29. The van der Waals surface area contributed by atoms with Crippen molar-refractivity contribution in [2.75, 3.05) is 18.8 Å². The average Bonchev–Trinajstić information content (AvgIpc) is 2.35. The molecule has 0 amide bonds. The van der Waals surface area contributed by atoms with Gasteiger partial charge in [-0.3, -0.25) is 4.79 Å². The third kappa shape index (κ3) is 5.48. The maximum Gasteiger partial charge on any atom is 0.153 e. The highest BCUT2D eigenvalue weighted by atomic mass is 32.2. The lowest BCUT2D eigenvalue weighted by atomic mass is 9.92. The predicted octanol–water partition coefficient (Wildman–Crippen LogP) is 1.55. The number of Topliss-reactive ketones (excluding diaryl/α,β-unsaturated/α-hetero) is 1. The molecule has 0 saturated carbocycles. The first kappa shape index (κ1) is 15.6. The fraction of sp³-hybridized carbons (Fsp3) is 0.923. The topological polar surface area (TPSA) is 63.2 Å². The molecule has 106 valence electrons. The largest absolute Gasteiger partial charge is 0.317 e. The van der Waals surface area contributed by atoms with Crippen LogP contribution in [0.3, 0.4) is 0 Å². The number of nitrogens with one attached hydrogen (secondary N) is 1. The molecule has 1 fully saturated rings. The van der Waals surface area contributed by atoms with Crippen LogP contribution in [-0.2, 0) is 14.6 Å². The molecular weight excluding hydrogens is 250 g/mol. The van der Waals surface area contributed by atoms with Gasteiger partial charge in [0.2, 0.25) is 0 Å². The summed E-state index contributed by atoms with van der Waals surface area (Å²) in [6.07, 6.45) is 3.92. The van der Waals surface area contributed by atoms with E-state index in [2.05, 4.69) is 5.32 Å². The first-order valence-corrected chi connectivity index (χ1v) is 8.57. The third-order valence-electron chi connectivity index (χ3n) is 3.67. The summed E-state index contributed by atoms with van der Waals surface area (Å²) in [6, 6.07) is 0. The molecule has 0 bridgehead atoms. The van der Waals surface area contributed by atoms with E-state index in [9.17, 15) is 13.2 Å². The third-order valence-corrected chi connectivity index (χ3v) is 5.88. The van der Waals surface area contributed by atoms with Gasteiger partial charge in [-0.05, 0) is 52.1 Å². The van der Waals surface area contributed by atoms with Crippen LogP contribution in [0, 0.1) is 5.92 Å². The molecule has 1 aliphatic heterocycles. The van der Waals surface area contributed by atoms with Crippen molar-refractivity contribution in [3.8, 4) is 0 Å². The van der Waals surface area contributed by atoms with Gasteiger partial charge in [-0.15, -0.1) is 0 Å². The van der Waals surface area contributed by atoms with Crippen LogP contribution in [0.5, 0.6) is 0 Å². The van der Waals surface area contributed by atoms with Crippen molar-refractivity contribution in [2.24, 2.45) is 5.92 Å². The molecule has 1 N–H and O–H groups in total. The summed E-state index contributed by atoms with van der Waals surface area (Å²) >= 11 is 0. The Balaban J connectivity index is 2.21. The molecule has 5 heteroatoms. The maximum absolute atomic E-state index is 11.7. The lowest BCUT2D eigenvalue weighted by molar-refractivity contribution is -0.119. The minimum absolute atomic E-state index is 0.00965. The second kappa shape index (κ2) is 7.24. The van der Waals surface area contributed by atoms with E-state index >= 15 is 0 Å². The summed E-state index contributed by atoms with van der Waals surface area (Å²) < 4.78 is 23.2. The van der Waals surface area contributed by atoms with Crippen LogP contribution in [-0.4, -0.2) is 38.3 Å². The Morgan fingerprint density at radius 3 is 2.39 bits per heavy atom. The number of rotatable bonds is 7. The van der Waals surface area contributed by atoms with Crippen molar-refractivity contribution in [1.82, 2.24) is 5.32 Å². The molecule has 1 rings (SSSR count). The van der Waals surface area contributed by atoms with E-state index in [4.69, 9.17) is 0 Å². The van der Waals surface area contributed by atoms with Crippen molar-refractivity contribution in [1.29, 1.82) is 0 Å². The van der Waals surface area contributed by atoms with Crippen LogP contribution in [0.25, 0.3) is 0 Å². The molecule has 1 heterocycles. The monoisotopic (exact) mass is 275 g/mol. The smallest absolute Gasteiger partial charge is 0.153 e. The Hall–Kier alpha value is -0.420. The van der Waals surface area contributed by atoms with E-state index < -0.39 is 9.84 Å². The average molecular weight is 275 g/mol. The van der Waals surface area contributed by atoms with Crippen molar-refractivity contribution in [3.05, 3.63) is 0 Å². The molecule has 0 atom stereocenters. The fourth-order valence-corrected chi connectivity index (χ4v) is 3.14. The SMILES string of the molecule is CC(C)S(=O)(=O)CCC(=O)CCC1CCNCC1. The summed E-state index contributed by atoms with van der Waals surface area (Å²) in [6.45, 7) is 5.41. The van der Waals surface area contributed by atoms with Crippen LogP contribution >= 0.6 is 0 Å². The standard InChI is InChI=1S/C13H25NO3S/c1-11(2)18(16,17)10-7-13(15)4-3-12-5-8-14-9-6-12/h11-12,14H,3-10H2,1-2H3. The van der Waals surface area contributed by atoms with Gasteiger partial charge < -0.3 is 5.32 Å². The molecular formula is C13H25NO3S. The molecule has 0 aliphatic carbocycles. The fourth-order valence-electron chi connectivity index (χ4n) is 2.15. The van der Waals surface area contributed by atoms with Gasteiger partial charge in [0.05, 0.1) is 11.0 Å². The van der Waals surface area contributed by atoms with Crippen molar-refractivity contribution in [2.45, 2.75) is 51.2 Å². The molecule has 0 spiro atoms. The van der Waals surface area contributed by atoms with Gasteiger partial charge in [0.25, 0.3) is 0 Å². The Bertz CT molecular complexity index is 356. The van der Waals surface area contributed by atoms with Crippen LogP contribution in [0.15, 0.2) is 0 Å². The van der Waals surface area contributed by atoms with Gasteiger partial charge in [-0.1, -0.05) is 0 Å². The molecule has 1 aliphatic rings. The Morgan fingerprint density at radius 2 is 1.83 bits per heavy atom. The number of hydrogen-bond acceptors (Lipinski definition) is 4. The van der Waals surface area contributed by atoms with Crippen LogP contribution in [0.4, 0.5) is 0 Å². The Morgan fingerprint density at radius 1 is 1.22 bits per heavy atom. The maximum atomic E-state index is 11.7. The number of hydrogen-bond donors (Lipinski definition) is 1. The zero-order valence-electron chi connectivity index (χ0n) is 11.4. The molecule has 0 aromatic carbocycles. The second-order valence-corrected chi connectivity index (χ2v) is 8.11. The van der Waals surface area contributed by atoms with Gasteiger partial charge in [-0.25, -0.2) is 8.42 Å². The summed E-state index contributed by atoms with van der Waals surface area (Å²) in [5.41, 5.74) is 0. The van der Waals surface area contributed by atoms with E-state index in [0.717, 1.165) is 32.4 Å². The highest BCUT2D eigenvalue weighted by molar-refractivity contribution is 7.91. The minimum Gasteiger partial charge on any atom is -0.317 e. The van der Waals surface area contributed by atoms with E-state index in [1.165, 1.54) is 0 Å². The highest BCUT2D eigenvalue weighted by Crippen LogP contribution is 2.18. The molecule has 0 radical (unpaired) electrons. The van der Waals surface area contributed by atoms with Crippen LogP contribution in [0.2, 0.25) is 0 Å². The van der Waals surface area contributed by atoms with E-state index in [1.54, 1.807) is 13.8 Å². The molecule has 0 aromatic rings. The number of sulfone groups is 1. The van der Waals surface area contributed by atoms with Crippen LogP contribution in [0.1, 0.15) is 46.0 Å². The normalized spacial score (nSPS) is 18.2. The van der Waals surface area contributed by atoms with E-state index in [-0.39, 0.29) is 23.2 Å². The predicted molar refractivity (Wildman–Crippen MR) is 73.4 cm³/mol. The highest BCUT2D eigenvalue weighted by Gasteiger charge is 2.19. The number of ketones is 1. The summed E-state index contributed by atoms with van der Waals surface area (Å²) in [7, 11) is -3.07. The second-order valence-electron chi connectivity index (χ2n) is 5.44. The molecule has 0 aromatic heterocycles. The van der Waals surface area contributed by atoms with Crippen molar-refractivity contribution < 1.29 is 13.2 Å².